The minimum Gasteiger partial charge on any atom is -0.435 e. The lowest BCUT2D eigenvalue weighted by Gasteiger charge is -2.03. The summed E-state index contributed by atoms with van der Waals surface area (Å²) in [5.41, 5.74) is 1.56. The first kappa shape index (κ1) is 13.5. The molecule has 1 N–H and O–H groups in total. The van der Waals surface area contributed by atoms with Crippen LogP contribution in [0.5, 0.6) is 5.75 Å². The summed E-state index contributed by atoms with van der Waals surface area (Å²) >= 11 is 0. The first-order chi connectivity index (χ1) is 9.19. The van der Waals surface area contributed by atoms with Crippen LogP contribution in [0.15, 0.2) is 34.9 Å². The number of ether oxygens (including phenoxy) is 1. The molecule has 0 atom stereocenters. The molecule has 0 radical (unpaired) electrons. The second kappa shape index (κ2) is 6.29. The minimum absolute atomic E-state index is 0.117. The van der Waals surface area contributed by atoms with Crippen LogP contribution in [0.1, 0.15) is 12.6 Å². The van der Waals surface area contributed by atoms with Crippen molar-refractivity contribution in [3.63, 3.8) is 0 Å². The molecule has 0 aliphatic rings. The van der Waals surface area contributed by atoms with Crippen molar-refractivity contribution in [1.82, 2.24) is 10.5 Å². The molecule has 19 heavy (non-hydrogen) atoms. The average Bonchev–Trinajstić information content (AvgIpc) is 2.85. The third kappa shape index (κ3) is 3.75. The molecule has 0 saturated heterocycles. The summed E-state index contributed by atoms with van der Waals surface area (Å²) in [7, 11) is 0. The van der Waals surface area contributed by atoms with Gasteiger partial charge in [0.1, 0.15) is 5.75 Å². The molecule has 0 aliphatic carbocycles. The highest BCUT2D eigenvalue weighted by Gasteiger charge is 2.08. The Kier molecular flexibility index (Phi) is 4.46. The molecule has 0 bridgehead atoms. The number of aromatic nitrogens is 1. The molecule has 0 unspecified atom stereocenters. The van der Waals surface area contributed by atoms with Gasteiger partial charge in [-0.25, -0.2) is 0 Å². The highest BCUT2D eigenvalue weighted by atomic mass is 19.3. The highest BCUT2D eigenvalue weighted by Crippen LogP contribution is 2.23. The van der Waals surface area contributed by atoms with Crippen molar-refractivity contribution in [2.45, 2.75) is 20.1 Å². The van der Waals surface area contributed by atoms with Gasteiger partial charge in [-0.05, 0) is 30.8 Å². The number of hydrogen-bond donors (Lipinski definition) is 1. The van der Waals surface area contributed by atoms with Crippen LogP contribution in [0.3, 0.4) is 0 Å². The molecule has 0 fully saturated rings. The number of halogens is 2. The summed E-state index contributed by atoms with van der Waals surface area (Å²) in [5.74, 6) is 0.711. The van der Waals surface area contributed by atoms with Crippen molar-refractivity contribution in [3.8, 4) is 17.1 Å². The largest absolute Gasteiger partial charge is 0.435 e. The van der Waals surface area contributed by atoms with E-state index in [4.69, 9.17) is 4.52 Å². The van der Waals surface area contributed by atoms with E-state index in [1.54, 1.807) is 12.1 Å². The van der Waals surface area contributed by atoms with Crippen molar-refractivity contribution in [2.24, 2.45) is 0 Å². The number of alkyl halides is 2. The Morgan fingerprint density at radius 1 is 1.32 bits per heavy atom. The lowest BCUT2D eigenvalue weighted by atomic mass is 10.1. The molecule has 2 aromatic rings. The van der Waals surface area contributed by atoms with Crippen molar-refractivity contribution in [2.75, 3.05) is 6.54 Å². The quantitative estimate of drug-likeness (QED) is 0.874. The molecule has 6 heteroatoms. The van der Waals surface area contributed by atoms with Gasteiger partial charge >= 0.3 is 6.61 Å². The minimum atomic E-state index is -2.82. The Balaban J connectivity index is 2.07. The number of nitrogens with one attached hydrogen (secondary N) is 1. The third-order valence-electron chi connectivity index (χ3n) is 2.48. The Hall–Kier alpha value is -1.95. The predicted molar refractivity (Wildman–Crippen MR) is 66.0 cm³/mol. The van der Waals surface area contributed by atoms with E-state index in [-0.39, 0.29) is 5.75 Å². The van der Waals surface area contributed by atoms with E-state index in [0.29, 0.717) is 12.3 Å². The molecule has 0 amide bonds. The standard InChI is InChI=1S/C13H14F2N2O2/c1-2-16-8-10-7-12(19-17-10)9-3-5-11(6-4-9)18-13(14)15/h3-7,13,16H,2,8H2,1H3. The smallest absolute Gasteiger partial charge is 0.387 e. The molecular formula is C13H14F2N2O2. The van der Waals surface area contributed by atoms with Crippen molar-refractivity contribution in [3.05, 3.63) is 36.0 Å². The lowest BCUT2D eigenvalue weighted by molar-refractivity contribution is -0.0498. The first-order valence-electron chi connectivity index (χ1n) is 5.90. The summed E-state index contributed by atoms with van der Waals surface area (Å²) < 4.78 is 33.5. The van der Waals surface area contributed by atoms with Gasteiger partial charge in [0.05, 0.1) is 5.69 Å². The van der Waals surface area contributed by atoms with Gasteiger partial charge in [-0.1, -0.05) is 12.1 Å². The molecule has 1 aromatic carbocycles. The second-order valence-corrected chi connectivity index (χ2v) is 3.87. The Labute approximate surface area is 109 Å². The van der Waals surface area contributed by atoms with Gasteiger partial charge in [0, 0.05) is 18.2 Å². The fraction of sp³-hybridized carbons (Fsp3) is 0.308. The van der Waals surface area contributed by atoms with Crippen LogP contribution in [0.25, 0.3) is 11.3 Å². The zero-order valence-corrected chi connectivity index (χ0v) is 10.4. The third-order valence-corrected chi connectivity index (χ3v) is 2.48. The van der Waals surface area contributed by atoms with Gasteiger partial charge in [0.2, 0.25) is 0 Å². The number of hydrogen-bond acceptors (Lipinski definition) is 4. The summed E-state index contributed by atoms with van der Waals surface area (Å²) in [6, 6.07) is 8.04. The molecule has 1 heterocycles. The maximum atomic E-state index is 12.0. The van der Waals surface area contributed by atoms with Gasteiger partial charge in [0.15, 0.2) is 5.76 Å². The molecule has 102 valence electrons. The monoisotopic (exact) mass is 268 g/mol. The maximum absolute atomic E-state index is 12.0. The van der Waals surface area contributed by atoms with Gasteiger partial charge < -0.3 is 14.6 Å². The Morgan fingerprint density at radius 2 is 2.05 bits per heavy atom. The van der Waals surface area contributed by atoms with E-state index < -0.39 is 6.61 Å². The summed E-state index contributed by atoms with van der Waals surface area (Å²) in [6.07, 6.45) is 0. The van der Waals surface area contributed by atoms with Crippen LogP contribution in [-0.2, 0) is 6.54 Å². The Morgan fingerprint density at radius 3 is 2.68 bits per heavy atom. The number of nitrogens with zero attached hydrogens (tertiary/aromatic N) is 1. The molecule has 1 aromatic heterocycles. The molecule has 2 rings (SSSR count). The van der Waals surface area contributed by atoms with E-state index in [1.165, 1.54) is 12.1 Å². The average molecular weight is 268 g/mol. The summed E-state index contributed by atoms with van der Waals surface area (Å²) in [4.78, 5) is 0. The second-order valence-electron chi connectivity index (χ2n) is 3.87. The van der Waals surface area contributed by atoms with Crippen molar-refractivity contribution >= 4 is 0 Å². The Bertz CT molecular complexity index is 512. The SMILES string of the molecule is CCNCc1cc(-c2ccc(OC(F)F)cc2)on1. The summed E-state index contributed by atoms with van der Waals surface area (Å²) in [5, 5.41) is 7.05. The van der Waals surface area contributed by atoms with Gasteiger partial charge in [-0.15, -0.1) is 0 Å². The normalized spacial score (nSPS) is 10.9. The number of benzene rings is 1. The molecular weight excluding hydrogens is 254 g/mol. The topological polar surface area (TPSA) is 47.3 Å². The zero-order valence-electron chi connectivity index (χ0n) is 10.4. The van der Waals surface area contributed by atoms with Gasteiger partial charge in [-0.2, -0.15) is 8.78 Å². The van der Waals surface area contributed by atoms with Crippen LogP contribution in [0, 0.1) is 0 Å². The van der Waals surface area contributed by atoms with E-state index in [9.17, 15) is 8.78 Å². The molecule has 0 spiro atoms. The van der Waals surface area contributed by atoms with Crippen LogP contribution >= 0.6 is 0 Å². The van der Waals surface area contributed by atoms with Crippen LogP contribution in [0.4, 0.5) is 8.78 Å². The van der Waals surface area contributed by atoms with E-state index in [2.05, 4.69) is 15.2 Å². The molecule has 4 nitrogen and oxygen atoms in total. The highest BCUT2D eigenvalue weighted by molar-refractivity contribution is 5.58. The van der Waals surface area contributed by atoms with Crippen LogP contribution < -0.4 is 10.1 Å². The van der Waals surface area contributed by atoms with E-state index in [1.807, 2.05) is 13.0 Å². The fourth-order valence-electron chi connectivity index (χ4n) is 1.58. The van der Waals surface area contributed by atoms with Crippen LogP contribution in [0.2, 0.25) is 0 Å². The van der Waals surface area contributed by atoms with Gasteiger partial charge in [-0.3, -0.25) is 0 Å². The lowest BCUT2D eigenvalue weighted by Crippen LogP contribution is -2.11. The van der Waals surface area contributed by atoms with Gasteiger partial charge in [0.25, 0.3) is 0 Å². The first-order valence-corrected chi connectivity index (χ1v) is 5.90. The van der Waals surface area contributed by atoms with Crippen LogP contribution in [-0.4, -0.2) is 18.3 Å². The number of rotatable bonds is 6. The fourth-order valence-corrected chi connectivity index (χ4v) is 1.58. The molecule has 0 saturated carbocycles. The molecule has 0 aliphatic heterocycles. The van der Waals surface area contributed by atoms with Crippen molar-refractivity contribution in [1.29, 1.82) is 0 Å². The zero-order chi connectivity index (χ0) is 13.7. The van der Waals surface area contributed by atoms with E-state index in [0.717, 1.165) is 17.8 Å². The van der Waals surface area contributed by atoms with E-state index >= 15 is 0 Å². The maximum Gasteiger partial charge on any atom is 0.387 e. The summed E-state index contributed by atoms with van der Waals surface area (Å²) in [6.45, 7) is 0.666. The predicted octanol–water partition coefficient (Wildman–Crippen LogP) is 3.05. The van der Waals surface area contributed by atoms with Crippen molar-refractivity contribution < 1.29 is 18.0 Å².